The average Bonchev–Trinajstić information content (AvgIpc) is 2.19. The molecule has 0 radical (unpaired) electrons. The van der Waals surface area contributed by atoms with Gasteiger partial charge in [0, 0.05) is 18.6 Å². The number of rotatable bonds is 1. The van der Waals surface area contributed by atoms with Crippen LogP contribution in [0.25, 0.3) is 11.4 Å². The highest BCUT2D eigenvalue weighted by atomic mass is 19.1. The van der Waals surface area contributed by atoms with Crippen LogP contribution in [0.2, 0.25) is 0 Å². The minimum Gasteiger partial charge on any atom is -0.236 e. The van der Waals surface area contributed by atoms with Gasteiger partial charge in [-0.25, -0.2) is 19.3 Å². The van der Waals surface area contributed by atoms with Crippen molar-refractivity contribution in [2.45, 2.75) is 0 Å². The lowest BCUT2D eigenvalue weighted by atomic mass is 10.2. The van der Waals surface area contributed by atoms with Gasteiger partial charge in [-0.15, -0.1) is 0 Å². The molecular formula is C9H5F2N3. The zero-order valence-electron chi connectivity index (χ0n) is 6.98. The van der Waals surface area contributed by atoms with Gasteiger partial charge in [-0.1, -0.05) is 0 Å². The van der Waals surface area contributed by atoms with E-state index in [1.54, 1.807) is 6.07 Å². The summed E-state index contributed by atoms with van der Waals surface area (Å²) in [4.78, 5) is 10.8. The molecular weight excluding hydrogens is 188 g/mol. The largest absolute Gasteiger partial charge is 0.236 e. The van der Waals surface area contributed by atoms with E-state index in [9.17, 15) is 8.78 Å². The molecule has 0 aromatic carbocycles. The Kier molecular flexibility index (Phi) is 2.14. The fraction of sp³-hybridized carbons (Fsp3) is 0. The summed E-state index contributed by atoms with van der Waals surface area (Å²) in [5.41, 5.74) is -0.298. The third-order valence-corrected chi connectivity index (χ3v) is 1.64. The minimum absolute atomic E-state index is 0.00407. The lowest BCUT2D eigenvalue weighted by Gasteiger charge is -2.00. The third-order valence-electron chi connectivity index (χ3n) is 1.64. The molecule has 0 aliphatic heterocycles. The molecule has 0 bridgehead atoms. The molecule has 2 aromatic heterocycles. The van der Waals surface area contributed by atoms with E-state index in [1.807, 2.05) is 0 Å². The molecule has 0 atom stereocenters. The van der Waals surface area contributed by atoms with Gasteiger partial charge in [-0.3, -0.25) is 0 Å². The van der Waals surface area contributed by atoms with Crippen LogP contribution in [-0.2, 0) is 0 Å². The van der Waals surface area contributed by atoms with Gasteiger partial charge < -0.3 is 0 Å². The minimum atomic E-state index is -0.906. The van der Waals surface area contributed by atoms with Crippen LogP contribution in [0.15, 0.2) is 30.7 Å². The molecule has 14 heavy (non-hydrogen) atoms. The Morgan fingerprint density at radius 3 is 2.29 bits per heavy atom. The van der Waals surface area contributed by atoms with Crippen molar-refractivity contribution in [1.29, 1.82) is 0 Å². The van der Waals surface area contributed by atoms with Gasteiger partial charge in [-0.2, -0.15) is 4.39 Å². The van der Waals surface area contributed by atoms with Crippen molar-refractivity contribution < 1.29 is 8.78 Å². The number of pyridine rings is 1. The van der Waals surface area contributed by atoms with E-state index in [-0.39, 0.29) is 11.4 Å². The highest BCUT2D eigenvalue weighted by Crippen LogP contribution is 2.19. The van der Waals surface area contributed by atoms with E-state index in [0.717, 1.165) is 12.3 Å². The normalized spacial score (nSPS) is 10.1. The van der Waals surface area contributed by atoms with Crippen molar-refractivity contribution in [3.8, 4) is 11.4 Å². The van der Waals surface area contributed by atoms with Gasteiger partial charge in [-0.05, 0) is 12.1 Å². The Morgan fingerprint density at radius 1 is 0.929 bits per heavy atom. The molecule has 0 saturated carbocycles. The van der Waals surface area contributed by atoms with Crippen molar-refractivity contribution in [3.63, 3.8) is 0 Å². The second kappa shape index (κ2) is 3.45. The highest BCUT2D eigenvalue weighted by molar-refractivity contribution is 5.54. The SMILES string of the molecule is Fc1ccnc(F)c1-c1ncccn1. The van der Waals surface area contributed by atoms with Crippen molar-refractivity contribution >= 4 is 0 Å². The van der Waals surface area contributed by atoms with E-state index < -0.39 is 11.8 Å². The van der Waals surface area contributed by atoms with E-state index in [1.165, 1.54) is 12.4 Å². The molecule has 2 rings (SSSR count). The number of nitrogens with zero attached hydrogens (tertiary/aromatic N) is 3. The Labute approximate surface area is 78.5 Å². The first-order valence-electron chi connectivity index (χ1n) is 3.86. The number of hydrogen-bond donors (Lipinski definition) is 0. The van der Waals surface area contributed by atoms with Crippen LogP contribution in [0.5, 0.6) is 0 Å². The van der Waals surface area contributed by atoms with Crippen molar-refractivity contribution in [3.05, 3.63) is 42.5 Å². The fourth-order valence-corrected chi connectivity index (χ4v) is 1.04. The molecule has 3 nitrogen and oxygen atoms in total. The summed E-state index contributed by atoms with van der Waals surface area (Å²) in [5, 5.41) is 0. The molecule has 0 fully saturated rings. The molecule has 0 N–H and O–H groups in total. The maximum absolute atomic E-state index is 13.2. The maximum Gasteiger partial charge on any atom is 0.226 e. The summed E-state index contributed by atoms with van der Waals surface area (Å²) in [6.45, 7) is 0. The van der Waals surface area contributed by atoms with Gasteiger partial charge in [0.1, 0.15) is 11.4 Å². The maximum atomic E-state index is 13.2. The van der Waals surface area contributed by atoms with Gasteiger partial charge in [0.2, 0.25) is 5.95 Å². The van der Waals surface area contributed by atoms with Crippen LogP contribution in [-0.4, -0.2) is 15.0 Å². The molecule has 0 aliphatic carbocycles. The predicted octanol–water partition coefficient (Wildman–Crippen LogP) is 1.82. The van der Waals surface area contributed by atoms with Crippen LogP contribution >= 0.6 is 0 Å². The predicted molar refractivity (Wildman–Crippen MR) is 45.2 cm³/mol. The zero-order valence-corrected chi connectivity index (χ0v) is 6.98. The molecule has 2 heterocycles. The standard InChI is InChI=1S/C9H5F2N3/c10-6-2-5-12-8(11)7(6)9-13-3-1-4-14-9/h1-5H. The first kappa shape index (κ1) is 8.68. The monoisotopic (exact) mass is 193 g/mol. The van der Waals surface area contributed by atoms with Crippen molar-refractivity contribution in [2.75, 3.05) is 0 Å². The zero-order chi connectivity index (χ0) is 9.97. The summed E-state index contributed by atoms with van der Waals surface area (Å²) in [6, 6.07) is 2.63. The molecule has 2 aromatic rings. The molecule has 70 valence electrons. The summed E-state index contributed by atoms with van der Waals surface area (Å²) in [7, 11) is 0. The summed E-state index contributed by atoms with van der Waals surface area (Å²) < 4.78 is 26.3. The Hall–Kier alpha value is -1.91. The topological polar surface area (TPSA) is 38.7 Å². The average molecular weight is 193 g/mol. The Bertz CT molecular complexity index is 425. The van der Waals surface area contributed by atoms with Crippen molar-refractivity contribution in [1.82, 2.24) is 15.0 Å². The molecule has 0 amide bonds. The van der Waals surface area contributed by atoms with Crippen LogP contribution in [0.4, 0.5) is 8.78 Å². The third kappa shape index (κ3) is 1.44. The van der Waals surface area contributed by atoms with Gasteiger partial charge in [0.05, 0.1) is 0 Å². The molecule has 0 saturated heterocycles. The quantitative estimate of drug-likeness (QED) is 0.648. The molecule has 0 spiro atoms. The van der Waals surface area contributed by atoms with E-state index >= 15 is 0 Å². The smallest absolute Gasteiger partial charge is 0.226 e. The number of hydrogen-bond acceptors (Lipinski definition) is 3. The van der Waals surface area contributed by atoms with Gasteiger partial charge >= 0.3 is 0 Å². The fourth-order valence-electron chi connectivity index (χ4n) is 1.04. The summed E-state index contributed by atoms with van der Waals surface area (Å²) in [5.74, 6) is -1.63. The second-order valence-electron chi connectivity index (χ2n) is 2.53. The van der Waals surface area contributed by atoms with E-state index in [2.05, 4.69) is 15.0 Å². The van der Waals surface area contributed by atoms with E-state index in [0.29, 0.717) is 0 Å². The Morgan fingerprint density at radius 2 is 1.64 bits per heavy atom. The lowest BCUT2D eigenvalue weighted by molar-refractivity contribution is 0.556. The second-order valence-corrected chi connectivity index (χ2v) is 2.53. The molecule has 5 heteroatoms. The molecule has 0 aliphatic rings. The summed E-state index contributed by atoms with van der Waals surface area (Å²) in [6.07, 6.45) is 3.87. The van der Waals surface area contributed by atoms with Crippen molar-refractivity contribution in [2.24, 2.45) is 0 Å². The van der Waals surface area contributed by atoms with Gasteiger partial charge in [0.15, 0.2) is 5.82 Å². The number of aromatic nitrogens is 3. The Balaban J connectivity index is 2.63. The van der Waals surface area contributed by atoms with Crippen LogP contribution in [0, 0.1) is 11.8 Å². The lowest BCUT2D eigenvalue weighted by Crippen LogP contribution is -1.96. The van der Waals surface area contributed by atoms with Crippen LogP contribution < -0.4 is 0 Å². The highest BCUT2D eigenvalue weighted by Gasteiger charge is 2.13. The van der Waals surface area contributed by atoms with E-state index in [4.69, 9.17) is 0 Å². The number of halogens is 2. The summed E-state index contributed by atoms with van der Waals surface area (Å²) >= 11 is 0. The first-order chi connectivity index (χ1) is 6.79. The van der Waals surface area contributed by atoms with Crippen LogP contribution in [0.3, 0.4) is 0 Å². The van der Waals surface area contributed by atoms with Crippen LogP contribution in [0.1, 0.15) is 0 Å². The van der Waals surface area contributed by atoms with Gasteiger partial charge in [0.25, 0.3) is 0 Å². The molecule has 0 unspecified atom stereocenters. The first-order valence-corrected chi connectivity index (χ1v) is 3.86.